The molecule has 136 valence electrons. The van der Waals surface area contributed by atoms with Crippen LogP contribution in [0.4, 0.5) is 5.95 Å². The lowest BCUT2D eigenvalue weighted by atomic mass is 9.95. The topological polar surface area (TPSA) is 108 Å². The second-order valence-electron chi connectivity index (χ2n) is 6.22. The lowest BCUT2D eigenvalue weighted by Crippen LogP contribution is -2.31. The van der Waals surface area contributed by atoms with Gasteiger partial charge in [0.1, 0.15) is 18.4 Å². The van der Waals surface area contributed by atoms with Crippen molar-refractivity contribution in [1.29, 1.82) is 0 Å². The molecule has 0 spiro atoms. The van der Waals surface area contributed by atoms with Gasteiger partial charge in [0.15, 0.2) is 0 Å². The van der Waals surface area contributed by atoms with Crippen molar-refractivity contribution in [3.63, 3.8) is 0 Å². The van der Waals surface area contributed by atoms with E-state index >= 15 is 0 Å². The van der Waals surface area contributed by atoms with Gasteiger partial charge in [-0.05, 0) is 40.6 Å². The number of amides is 1. The van der Waals surface area contributed by atoms with E-state index < -0.39 is 11.9 Å². The molecule has 0 bridgehead atoms. The van der Waals surface area contributed by atoms with Crippen molar-refractivity contribution in [3.05, 3.63) is 77.0 Å². The number of aromatic nitrogens is 4. The fourth-order valence-corrected chi connectivity index (χ4v) is 3.13. The van der Waals surface area contributed by atoms with Crippen LogP contribution in [0.1, 0.15) is 24.1 Å². The molecule has 2 aromatic carbocycles. The molecule has 0 aliphatic carbocycles. The zero-order valence-electron chi connectivity index (χ0n) is 14.7. The molecule has 3 N–H and O–H groups in total. The van der Waals surface area contributed by atoms with Gasteiger partial charge < -0.3 is 15.8 Å². The number of primary amides is 1. The Balaban J connectivity index is 1.60. The smallest absolute Gasteiger partial charge is 0.248 e. The summed E-state index contributed by atoms with van der Waals surface area (Å²) in [4.78, 5) is 12.0. The van der Waals surface area contributed by atoms with Crippen LogP contribution in [0.15, 0.2) is 65.9 Å². The molecule has 4 rings (SSSR count). The second-order valence-corrected chi connectivity index (χ2v) is 6.22. The highest BCUT2D eigenvalue weighted by molar-refractivity contribution is 5.95. The van der Waals surface area contributed by atoms with Crippen LogP contribution < -0.4 is 15.8 Å². The predicted molar refractivity (Wildman–Crippen MR) is 98.7 cm³/mol. The first-order chi connectivity index (χ1) is 13.1. The minimum atomic E-state index is -0.518. The van der Waals surface area contributed by atoms with Crippen molar-refractivity contribution in [2.75, 3.05) is 5.32 Å². The Morgan fingerprint density at radius 3 is 2.63 bits per heavy atom. The van der Waals surface area contributed by atoms with E-state index in [1.54, 1.807) is 11.6 Å². The number of ether oxygens (including phenoxy) is 1. The molecule has 0 saturated carbocycles. The van der Waals surface area contributed by atoms with Crippen molar-refractivity contribution in [2.45, 2.75) is 19.6 Å². The lowest BCUT2D eigenvalue weighted by Gasteiger charge is -2.26. The maximum Gasteiger partial charge on any atom is 0.248 e. The third kappa shape index (κ3) is 3.24. The van der Waals surface area contributed by atoms with Gasteiger partial charge in [0, 0.05) is 5.70 Å². The third-order valence-electron chi connectivity index (χ3n) is 4.42. The summed E-state index contributed by atoms with van der Waals surface area (Å²) in [5.41, 5.74) is 8.60. The van der Waals surface area contributed by atoms with E-state index in [1.165, 1.54) is 0 Å². The van der Waals surface area contributed by atoms with Gasteiger partial charge in [-0.2, -0.15) is 4.68 Å². The summed E-state index contributed by atoms with van der Waals surface area (Å²) in [6, 6.07) is 16.9. The van der Waals surface area contributed by atoms with Crippen LogP contribution in [-0.2, 0) is 11.4 Å². The number of fused-ring (bicyclic) bond motifs is 1. The van der Waals surface area contributed by atoms with Gasteiger partial charge in [-0.1, -0.05) is 47.6 Å². The summed E-state index contributed by atoms with van der Waals surface area (Å²) >= 11 is 0. The average molecular weight is 362 g/mol. The van der Waals surface area contributed by atoms with Gasteiger partial charge in [-0.25, -0.2) is 0 Å². The maximum atomic E-state index is 12.0. The first-order valence-corrected chi connectivity index (χ1v) is 8.45. The number of anilines is 1. The molecule has 0 fully saturated rings. The van der Waals surface area contributed by atoms with E-state index in [-0.39, 0.29) is 0 Å². The van der Waals surface area contributed by atoms with Crippen LogP contribution in [0.2, 0.25) is 0 Å². The standard InChI is InChI=1S/C19H18N6O2/c1-12-16(18(20)26)17(25-19(21-12)22-23-24-25)14-7-9-15(10-8-14)27-11-13-5-3-2-4-6-13/h2-10,17H,11H2,1H3,(H2,20,26)(H,21,22,24). The van der Waals surface area contributed by atoms with E-state index in [2.05, 4.69) is 20.8 Å². The number of hydrogen-bond acceptors (Lipinski definition) is 6. The SMILES string of the molecule is CC1=C(C(N)=O)C(c2ccc(OCc3ccccc3)cc2)n2nnnc2N1. The molecule has 1 atom stereocenters. The molecule has 1 unspecified atom stereocenters. The molecule has 1 aliphatic heterocycles. The first-order valence-electron chi connectivity index (χ1n) is 8.45. The largest absolute Gasteiger partial charge is 0.489 e. The number of nitrogens with one attached hydrogen (secondary N) is 1. The predicted octanol–water partition coefficient (Wildman–Crippen LogP) is 2.03. The molecule has 8 heteroatoms. The van der Waals surface area contributed by atoms with Gasteiger partial charge in [-0.15, -0.1) is 0 Å². The fourth-order valence-electron chi connectivity index (χ4n) is 3.13. The van der Waals surface area contributed by atoms with E-state index in [1.807, 2.05) is 54.6 Å². The minimum absolute atomic E-state index is 0.424. The molecule has 2 heterocycles. The van der Waals surface area contributed by atoms with Crippen molar-refractivity contribution < 1.29 is 9.53 Å². The van der Waals surface area contributed by atoms with E-state index in [9.17, 15) is 4.79 Å². The number of carbonyl (C=O) groups excluding carboxylic acids is 1. The van der Waals surface area contributed by atoms with E-state index in [0.29, 0.717) is 23.8 Å². The minimum Gasteiger partial charge on any atom is -0.489 e. The lowest BCUT2D eigenvalue weighted by molar-refractivity contribution is -0.115. The van der Waals surface area contributed by atoms with Crippen LogP contribution >= 0.6 is 0 Å². The zero-order chi connectivity index (χ0) is 18.8. The molecular formula is C19H18N6O2. The first kappa shape index (κ1) is 16.8. The van der Waals surface area contributed by atoms with Crippen molar-refractivity contribution in [2.24, 2.45) is 5.73 Å². The molecule has 1 aromatic heterocycles. The average Bonchev–Trinajstić information content (AvgIpc) is 3.14. The summed E-state index contributed by atoms with van der Waals surface area (Å²) in [7, 11) is 0. The Hall–Kier alpha value is -3.68. The van der Waals surface area contributed by atoms with Gasteiger partial charge in [0.2, 0.25) is 11.9 Å². The summed E-state index contributed by atoms with van der Waals surface area (Å²) in [5, 5.41) is 14.6. The fraction of sp³-hybridized carbons (Fsp3) is 0.158. The van der Waals surface area contributed by atoms with Gasteiger partial charge in [-0.3, -0.25) is 4.79 Å². The Kier molecular flexibility index (Phi) is 4.29. The molecule has 3 aromatic rings. The molecule has 1 aliphatic rings. The van der Waals surface area contributed by atoms with Crippen LogP contribution in [0, 0.1) is 0 Å². The number of carbonyl (C=O) groups is 1. The maximum absolute atomic E-state index is 12.0. The number of hydrogen-bond donors (Lipinski definition) is 2. The van der Waals surface area contributed by atoms with E-state index in [0.717, 1.165) is 16.9 Å². The van der Waals surface area contributed by atoms with E-state index in [4.69, 9.17) is 10.5 Å². The second kappa shape index (κ2) is 6.91. The number of allylic oxidation sites excluding steroid dienone is 1. The quantitative estimate of drug-likeness (QED) is 0.719. The van der Waals surface area contributed by atoms with Crippen LogP contribution in [0.5, 0.6) is 5.75 Å². The Labute approximate surface area is 155 Å². The molecule has 27 heavy (non-hydrogen) atoms. The number of rotatable bonds is 5. The number of tetrazole rings is 1. The Morgan fingerprint density at radius 1 is 1.19 bits per heavy atom. The number of benzene rings is 2. The highest BCUT2D eigenvalue weighted by atomic mass is 16.5. The van der Waals surface area contributed by atoms with Crippen molar-refractivity contribution in [3.8, 4) is 5.75 Å². The summed E-state index contributed by atoms with van der Waals surface area (Å²) in [6.45, 7) is 2.26. The molecule has 8 nitrogen and oxygen atoms in total. The summed E-state index contributed by atoms with van der Waals surface area (Å²) in [5.74, 6) is 0.678. The molecular weight excluding hydrogens is 344 g/mol. The van der Waals surface area contributed by atoms with Crippen molar-refractivity contribution in [1.82, 2.24) is 20.2 Å². The van der Waals surface area contributed by atoms with Crippen LogP contribution in [0.3, 0.4) is 0 Å². The highest BCUT2D eigenvalue weighted by Gasteiger charge is 2.32. The van der Waals surface area contributed by atoms with Gasteiger partial charge in [0.05, 0.1) is 5.57 Å². The van der Waals surface area contributed by atoms with Gasteiger partial charge >= 0.3 is 0 Å². The Morgan fingerprint density at radius 2 is 1.93 bits per heavy atom. The molecule has 0 radical (unpaired) electrons. The Bertz CT molecular complexity index is 995. The van der Waals surface area contributed by atoms with Crippen molar-refractivity contribution >= 4 is 11.9 Å². The zero-order valence-corrected chi connectivity index (χ0v) is 14.7. The molecule has 0 saturated heterocycles. The van der Waals surface area contributed by atoms with Crippen LogP contribution in [-0.4, -0.2) is 26.1 Å². The van der Waals surface area contributed by atoms with Gasteiger partial charge in [0.25, 0.3) is 0 Å². The number of nitrogens with zero attached hydrogens (tertiary/aromatic N) is 4. The number of nitrogens with two attached hydrogens (primary N) is 1. The van der Waals surface area contributed by atoms with Crippen LogP contribution in [0.25, 0.3) is 0 Å². The third-order valence-corrected chi connectivity index (χ3v) is 4.42. The normalized spacial score (nSPS) is 15.8. The highest BCUT2D eigenvalue weighted by Crippen LogP contribution is 2.34. The monoisotopic (exact) mass is 362 g/mol. The summed E-state index contributed by atoms with van der Waals surface area (Å²) in [6.07, 6.45) is 0. The molecule has 1 amide bonds. The summed E-state index contributed by atoms with van der Waals surface area (Å²) < 4.78 is 7.37.